The van der Waals surface area contributed by atoms with Crippen molar-refractivity contribution in [2.45, 2.75) is 13.0 Å². The Balaban J connectivity index is 1.60. The molecule has 2 heterocycles. The molecule has 1 aliphatic rings. The van der Waals surface area contributed by atoms with Crippen LogP contribution in [0.15, 0.2) is 54.7 Å². The lowest BCUT2D eigenvalue weighted by atomic mass is 10.0. The minimum Gasteiger partial charge on any atom is -0.481 e. The van der Waals surface area contributed by atoms with Crippen LogP contribution in [0.5, 0.6) is 5.75 Å². The second kappa shape index (κ2) is 8.89. The Morgan fingerprint density at radius 3 is 2.78 bits per heavy atom. The van der Waals surface area contributed by atoms with Crippen molar-refractivity contribution < 1.29 is 23.9 Å². The van der Waals surface area contributed by atoms with Gasteiger partial charge in [-0.05, 0) is 36.8 Å². The van der Waals surface area contributed by atoms with E-state index in [1.165, 1.54) is 14.0 Å². The van der Waals surface area contributed by atoms with E-state index in [-0.39, 0.29) is 12.5 Å². The maximum atomic E-state index is 12.5. The molecule has 1 aromatic heterocycles. The van der Waals surface area contributed by atoms with Gasteiger partial charge in [0.25, 0.3) is 11.8 Å². The van der Waals surface area contributed by atoms with Crippen LogP contribution in [0.25, 0.3) is 22.6 Å². The zero-order valence-corrected chi connectivity index (χ0v) is 17.5. The number of nitrogens with one attached hydrogen (secondary N) is 2. The Labute approximate surface area is 184 Å². The van der Waals surface area contributed by atoms with Crippen molar-refractivity contribution in [3.63, 3.8) is 0 Å². The molecule has 0 fully saturated rings. The van der Waals surface area contributed by atoms with Crippen LogP contribution in [0.2, 0.25) is 0 Å². The number of amides is 2. The van der Waals surface area contributed by atoms with Gasteiger partial charge in [0.1, 0.15) is 17.3 Å². The zero-order chi connectivity index (χ0) is 22.7. The molecular weight excluding hydrogens is 410 g/mol. The molecule has 2 amide bonds. The van der Waals surface area contributed by atoms with Gasteiger partial charge in [-0.1, -0.05) is 30.3 Å². The summed E-state index contributed by atoms with van der Waals surface area (Å²) in [6.45, 7) is 1.24. The van der Waals surface area contributed by atoms with Crippen LogP contribution < -0.4 is 15.4 Å². The molecule has 8 heteroatoms. The van der Waals surface area contributed by atoms with Crippen molar-refractivity contribution in [2.75, 3.05) is 19.0 Å². The number of para-hydroxylation sites is 1. The molecule has 0 aliphatic carbocycles. The lowest BCUT2D eigenvalue weighted by Gasteiger charge is -2.13. The maximum absolute atomic E-state index is 12.5. The Bertz CT molecular complexity index is 1250. The summed E-state index contributed by atoms with van der Waals surface area (Å²) in [6.07, 6.45) is 3.45. The van der Waals surface area contributed by atoms with E-state index in [1.54, 1.807) is 18.3 Å². The van der Waals surface area contributed by atoms with Crippen LogP contribution >= 0.6 is 0 Å². The molecule has 3 aromatic rings. The highest BCUT2D eigenvalue weighted by Crippen LogP contribution is 2.35. The number of methoxy groups -OCH3 is 1. The van der Waals surface area contributed by atoms with Crippen molar-refractivity contribution in [3.8, 4) is 5.75 Å². The van der Waals surface area contributed by atoms with E-state index in [1.807, 2.05) is 42.5 Å². The number of fused-ring (bicyclic) bond motifs is 2. The van der Waals surface area contributed by atoms with E-state index in [0.29, 0.717) is 16.8 Å². The molecule has 4 rings (SSSR count). The number of esters is 1. The fraction of sp³-hybridized carbons (Fsp3) is 0.167. The first kappa shape index (κ1) is 21.0. The number of rotatable bonds is 6. The van der Waals surface area contributed by atoms with Crippen LogP contribution in [0.4, 0.5) is 5.69 Å². The largest absolute Gasteiger partial charge is 0.481 e. The molecule has 0 bridgehead atoms. The number of pyridine rings is 1. The summed E-state index contributed by atoms with van der Waals surface area (Å²) in [5, 5.41) is 6.15. The number of hydrogen-bond donors (Lipinski definition) is 2. The van der Waals surface area contributed by atoms with E-state index >= 15 is 0 Å². The van der Waals surface area contributed by atoms with Crippen molar-refractivity contribution in [3.05, 3.63) is 65.9 Å². The summed E-state index contributed by atoms with van der Waals surface area (Å²) in [6, 6.07) is 13.9. The monoisotopic (exact) mass is 431 g/mol. The number of hydrogen-bond acceptors (Lipinski definition) is 6. The number of aromatic nitrogens is 1. The molecule has 0 spiro atoms. The molecule has 0 saturated heterocycles. The van der Waals surface area contributed by atoms with E-state index in [4.69, 9.17) is 4.74 Å². The normalized spacial score (nSPS) is 14.6. The second-order valence-electron chi connectivity index (χ2n) is 7.21. The molecule has 162 valence electrons. The second-order valence-corrected chi connectivity index (χ2v) is 7.21. The minimum absolute atomic E-state index is 0.167. The highest BCUT2D eigenvalue weighted by Gasteiger charge is 2.24. The first-order chi connectivity index (χ1) is 15.5. The van der Waals surface area contributed by atoms with E-state index < -0.39 is 17.9 Å². The van der Waals surface area contributed by atoms with E-state index in [2.05, 4.69) is 20.4 Å². The number of carbonyl (C=O) groups excluding carboxylic acids is 3. The molecule has 32 heavy (non-hydrogen) atoms. The van der Waals surface area contributed by atoms with E-state index in [9.17, 15) is 14.4 Å². The molecule has 0 saturated carbocycles. The minimum atomic E-state index is -0.777. The molecule has 0 unspecified atom stereocenters. The van der Waals surface area contributed by atoms with Crippen LogP contribution in [0, 0.1) is 0 Å². The van der Waals surface area contributed by atoms with Crippen LogP contribution in [0.1, 0.15) is 18.1 Å². The van der Waals surface area contributed by atoms with Gasteiger partial charge in [-0.15, -0.1) is 0 Å². The topological polar surface area (TPSA) is 107 Å². The van der Waals surface area contributed by atoms with Gasteiger partial charge in [-0.3, -0.25) is 14.6 Å². The summed E-state index contributed by atoms with van der Waals surface area (Å²) in [5.74, 6) is -0.752. The molecule has 2 aromatic carbocycles. The predicted octanol–water partition coefficient (Wildman–Crippen LogP) is 2.78. The third-order valence-electron chi connectivity index (χ3n) is 5.07. The number of benzene rings is 2. The van der Waals surface area contributed by atoms with Crippen molar-refractivity contribution >= 4 is 46.0 Å². The van der Waals surface area contributed by atoms with Gasteiger partial charge in [0.2, 0.25) is 0 Å². The molecule has 0 radical (unpaired) electrons. The number of nitrogens with zero attached hydrogens (tertiary/aromatic N) is 1. The standard InChI is InChI=1S/C24H21N3O5/c1-14(24(30)31-2)26-21(28)13-32-20-10-9-15(16-7-5-11-25-22(16)20)12-18-17-6-3-4-8-19(17)27-23(18)29/h3-12,14H,13H2,1-2H3,(H,26,28)(H,27,29)/t14-/m0/s1. The third-order valence-corrected chi connectivity index (χ3v) is 5.07. The van der Waals surface area contributed by atoms with Gasteiger partial charge < -0.3 is 20.1 Å². The Morgan fingerprint density at radius 1 is 1.16 bits per heavy atom. The van der Waals surface area contributed by atoms with Crippen LogP contribution in [-0.2, 0) is 19.1 Å². The van der Waals surface area contributed by atoms with Gasteiger partial charge in [-0.25, -0.2) is 4.79 Å². The Morgan fingerprint density at radius 2 is 1.97 bits per heavy atom. The van der Waals surface area contributed by atoms with Crippen LogP contribution in [-0.4, -0.2) is 42.5 Å². The zero-order valence-electron chi connectivity index (χ0n) is 17.5. The van der Waals surface area contributed by atoms with Crippen LogP contribution in [0.3, 0.4) is 0 Å². The van der Waals surface area contributed by atoms with Gasteiger partial charge in [0.05, 0.1) is 7.11 Å². The van der Waals surface area contributed by atoms with Gasteiger partial charge in [-0.2, -0.15) is 0 Å². The molecule has 8 nitrogen and oxygen atoms in total. The number of anilines is 1. The Kier molecular flexibility index (Phi) is 5.85. The Hall–Kier alpha value is -4.20. The lowest BCUT2D eigenvalue weighted by molar-refractivity contribution is -0.144. The predicted molar refractivity (Wildman–Crippen MR) is 120 cm³/mol. The van der Waals surface area contributed by atoms with Crippen molar-refractivity contribution in [1.82, 2.24) is 10.3 Å². The summed E-state index contributed by atoms with van der Waals surface area (Å²) < 4.78 is 10.3. The smallest absolute Gasteiger partial charge is 0.328 e. The molecule has 1 atom stereocenters. The highest BCUT2D eigenvalue weighted by atomic mass is 16.5. The molecular formula is C24H21N3O5. The summed E-state index contributed by atoms with van der Waals surface area (Å²) in [7, 11) is 1.25. The van der Waals surface area contributed by atoms with E-state index in [0.717, 1.165) is 22.2 Å². The van der Waals surface area contributed by atoms with Gasteiger partial charge >= 0.3 is 5.97 Å². The van der Waals surface area contributed by atoms with Crippen molar-refractivity contribution in [1.29, 1.82) is 0 Å². The SMILES string of the molecule is COC(=O)[C@H](C)NC(=O)COc1ccc(C=C2C(=O)Nc3ccccc32)c2cccnc12. The quantitative estimate of drug-likeness (QED) is 0.459. The third kappa shape index (κ3) is 4.15. The lowest BCUT2D eigenvalue weighted by Crippen LogP contribution is -2.41. The first-order valence-electron chi connectivity index (χ1n) is 9.98. The van der Waals surface area contributed by atoms with Crippen molar-refractivity contribution in [2.24, 2.45) is 0 Å². The maximum Gasteiger partial charge on any atom is 0.328 e. The molecule has 1 aliphatic heterocycles. The highest BCUT2D eigenvalue weighted by molar-refractivity contribution is 6.35. The average molecular weight is 431 g/mol. The summed E-state index contributed by atoms with van der Waals surface area (Å²) in [5.41, 5.74) is 3.54. The fourth-order valence-electron chi connectivity index (χ4n) is 3.51. The average Bonchev–Trinajstić information content (AvgIpc) is 3.12. The molecule has 2 N–H and O–H groups in total. The fourth-order valence-corrected chi connectivity index (χ4v) is 3.51. The number of carbonyl (C=O) groups is 3. The first-order valence-corrected chi connectivity index (χ1v) is 9.98. The van der Waals surface area contributed by atoms with Gasteiger partial charge in [0, 0.05) is 28.4 Å². The summed E-state index contributed by atoms with van der Waals surface area (Å²) in [4.78, 5) is 40.4. The van der Waals surface area contributed by atoms with Gasteiger partial charge in [0.15, 0.2) is 6.61 Å². The summed E-state index contributed by atoms with van der Waals surface area (Å²) >= 11 is 0. The number of ether oxygens (including phenoxy) is 2.